The summed E-state index contributed by atoms with van der Waals surface area (Å²) in [5.74, 6) is -0.287. The van der Waals surface area contributed by atoms with Gasteiger partial charge >= 0.3 is 0 Å². The third-order valence-electron chi connectivity index (χ3n) is 5.52. The maximum absolute atomic E-state index is 12.8. The molecule has 0 unspecified atom stereocenters. The molecule has 3 rings (SSSR count). The highest BCUT2D eigenvalue weighted by Crippen LogP contribution is 2.17. The summed E-state index contributed by atoms with van der Waals surface area (Å²) in [5, 5.41) is 6.51. The molecule has 1 saturated carbocycles. The molecule has 162 valence electrons. The zero-order valence-corrected chi connectivity index (χ0v) is 18.4. The van der Waals surface area contributed by atoms with Crippen molar-refractivity contribution in [3.05, 3.63) is 65.7 Å². The molecule has 1 fully saturated rings. The lowest BCUT2D eigenvalue weighted by Gasteiger charge is -2.18. The van der Waals surface area contributed by atoms with E-state index in [1.54, 1.807) is 36.2 Å². The third kappa shape index (κ3) is 6.85. The molecule has 0 saturated heterocycles. The molecule has 0 atom stereocenters. The molecule has 1 aliphatic carbocycles. The quantitative estimate of drug-likeness (QED) is 0.505. The molecule has 30 heavy (non-hydrogen) atoms. The Balaban J connectivity index is 0.00000320. The Morgan fingerprint density at radius 1 is 0.900 bits per heavy atom. The van der Waals surface area contributed by atoms with Crippen LogP contribution >= 0.6 is 12.4 Å². The summed E-state index contributed by atoms with van der Waals surface area (Å²) in [7, 11) is 1.74. The molecular weight excluding hydrogens is 398 g/mol. The summed E-state index contributed by atoms with van der Waals surface area (Å²) in [5.41, 5.74) is 1.82. The van der Waals surface area contributed by atoms with E-state index < -0.39 is 0 Å². The second-order valence-electron chi connectivity index (χ2n) is 7.68. The third-order valence-corrected chi connectivity index (χ3v) is 5.52. The van der Waals surface area contributed by atoms with Crippen molar-refractivity contribution >= 4 is 29.9 Å². The van der Waals surface area contributed by atoms with Crippen LogP contribution in [0.3, 0.4) is 0 Å². The molecule has 6 heteroatoms. The molecule has 0 bridgehead atoms. The Hall–Kier alpha value is -2.37. The minimum Gasteiger partial charge on any atom is -0.351 e. The first kappa shape index (κ1) is 23.9. The van der Waals surface area contributed by atoms with Gasteiger partial charge in [-0.15, -0.1) is 12.4 Å². The molecule has 0 heterocycles. The first-order valence-corrected chi connectivity index (χ1v) is 10.6. The van der Waals surface area contributed by atoms with Crippen molar-refractivity contribution in [3.8, 4) is 0 Å². The van der Waals surface area contributed by atoms with Crippen LogP contribution in [-0.4, -0.2) is 38.0 Å². The number of nitrogens with zero attached hydrogens (tertiary/aromatic N) is 1. The molecule has 5 nitrogen and oxygen atoms in total. The number of nitrogens with one attached hydrogen (secondary N) is 2. The van der Waals surface area contributed by atoms with Gasteiger partial charge in [-0.05, 0) is 43.2 Å². The lowest BCUT2D eigenvalue weighted by molar-refractivity contribution is 0.0953. The number of para-hydroxylation sites is 1. The van der Waals surface area contributed by atoms with E-state index in [-0.39, 0.29) is 24.2 Å². The minimum atomic E-state index is -0.148. The van der Waals surface area contributed by atoms with E-state index in [4.69, 9.17) is 0 Å². The van der Waals surface area contributed by atoms with Gasteiger partial charge in [-0.25, -0.2) is 0 Å². The number of halogens is 1. The number of anilines is 1. The number of hydrogen-bond donors (Lipinski definition) is 2. The summed E-state index contributed by atoms with van der Waals surface area (Å²) in [6.45, 7) is 1.35. The fraction of sp³-hybridized carbons (Fsp3) is 0.417. The largest absolute Gasteiger partial charge is 0.351 e. The molecule has 2 aromatic carbocycles. The fourth-order valence-corrected chi connectivity index (χ4v) is 3.79. The SMILES string of the molecule is CN(C(=O)c1cccc(C(=O)NCCNC2CCCCCC2)c1)c1ccccc1.Cl. The summed E-state index contributed by atoms with van der Waals surface area (Å²) in [6.07, 6.45) is 7.72. The van der Waals surface area contributed by atoms with Gasteiger partial charge in [0, 0.05) is 43.0 Å². The van der Waals surface area contributed by atoms with Gasteiger partial charge in [0.1, 0.15) is 0 Å². The Morgan fingerprint density at radius 3 is 2.27 bits per heavy atom. The minimum absolute atomic E-state index is 0. The Morgan fingerprint density at radius 2 is 1.57 bits per heavy atom. The van der Waals surface area contributed by atoms with E-state index in [1.807, 2.05) is 30.3 Å². The fourth-order valence-electron chi connectivity index (χ4n) is 3.79. The standard InChI is InChI=1S/C24H31N3O2.ClH/c1-27(22-14-7-4-8-15-22)24(29)20-11-9-10-19(18-20)23(28)26-17-16-25-21-12-5-2-3-6-13-21;/h4,7-11,14-15,18,21,25H,2-3,5-6,12-13,16-17H2,1H3,(H,26,28);1H. The van der Waals surface area contributed by atoms with Crippen LogP contribution in [0.15, 0.2) is 54.6 Å². The van der Waals surface area contributed by atoms with E-state index in [2.05, 4.69) is 10.6 Å². The molecule has 2 amide bonds. The number of benzene rings is 2. The molecule has 0 aliphatic heterocycles. The van der Waals surface area contributed by atoms with E-state index in [0.29, 0.717) is 23.7 Å². The molecular formula is C24H32ClN3O2. The van der Waals surface area contributed by atoms with Gasteiger partial charge in [0.15, 0.2) is 0 Å². The average Bonchev–Trinajstić information content (AvgIpc) is 3.05. The maximum atomic E-state index is 12.8. The van der Waals surface area contributed by atoms with Gasteiger partial charge in [0.25, 0.3) is 11.8 Å². The second-order valence-corrected chi connectivity index (χ2v) is 7.68. The van der Waals surface area contributed by atoms with Crippen molar-refractivity contribution in [1.82, 2.24) is 10.6 Å². The molecule has 1 aliphatic rings. The molecule has 0 aromatic heterocycles. The van der Waals surface area contributed by atoms with Crippen molar-refractivity contribution in [2.24, 2.45) is 0 Å². The first-order chi connectivity index (χ1) is 14.1. The highest BCUT2D eigenvalue weighted by molar-refractivity contribution is 6.07. The van der Waals surface area contributed by atoms with Crippen molar-refractivity contribution in [2.45, 2.75) is 44.6 Å². The number of rotatable bonds is 7. The smallest absolute Gasteiger partial charge is 0.258 e. The van der Waals surface area contributed by atoms with E-state index in [0.717, 1.165) is 12.2 Å². The predicted molar refractivity (Wildman–Crippen MR) is 125 cm³/mol. The van der Waals surface area contributed by atoms with Gasteiger partial charge in [-0.3, -0.25) is 9.59 Å². The first-order valence-electron chi connectivity index (χ1n) is 10.6. The summed E-state index contributed by atoms with van der Waals surface area (Å²) in [4.78, 5) is 26.9. The van der Waals surface area contributed by atoms with Crippen LogP contribution in [0.2, 0.25) is 0 Å². The number of carbonyl (C=O) groups is 2. The van der Waals surface area contributed by atoms with Crippen molar-refractivity contribution < 1.29 is 9.59 Å². The molecule has 2 aromatic rings. The van der Waals surface area contributed by atoms with Crippen molar-refractivity contribution in [2.75, 3.05) is 25.0 Å². The monoisotopic (exact) mass is 429 g/mol. The lowest BCUT2D eigenvalue weighted by atomic mass is 10.1. The van der Waals surface area contributed by atoms with Crippen LogP contribution in [0.25, 0.3) is 0 Å². The van der Waals surface area contributed by atoms with Crippen LogP contribution in [0.5, 0.6) is 0 Å². The van der Waals surface area contributed by atoms with Gasteiger partial charge in [-0.2, -0.15) is 0 Å². The van der Waals surface area contributed by atoms with Gasteiger partial charge in [-0.1, -0.05) is 49.9 Å². The average molecular weight is 430 g/mol. The van der Waals surface area contributed by atoms with E-state index in [1.165, 1.54) is 38.5 Å². The predicted octanol–water partition coefficient (Wildman–Crippen LogP) is 4.43. The van der Waals surface area contributed by atoms with Crippen LogP contribution < -0.4 is 15.5 Å². The Labute approximate surface area is 185 Å². The normalized spacial score (nSPS) is 14.3. The van der Waals surface area contributed by atoms with E-state index in [9.17, 15) is 9.59 Å². The summed E-state index contributed by atoms with van der Waals surface area (Å²) >= 11 is 0. The number of amides is 2. The summed E-state index contributed by atoms with van der Waals surface area (Å²) < 4.78 is 0. The Bertz CT molecular complexity index is 805. The van der Waals surface area contributed by atoms with Gasteiger partial charge < -0.3 is 15.5 Å². The van der Waals surface area contributed by atoms with Crippen molar-refractivity contribution in [3.63, 3.8) is 0 Å². The highest BCUT2D eigenvalue weighted by atomic mass is 35.5. The van der Waals surface area contributed by atoms with Crippen molar-refractivity contribution in [1.29, 1.82) is 0 Å². The maximum Gasteiger partial charge on any atom is 0.258 e. The zero-order valence-electron chi connectivity index (χ0n) is 17.6. The van der Waals surface area contributed by atoms with E-state index >= 15 is 0 Å². The lowest BCUT2D eigenvalue weighted by Crippen LogP contribution is -2.37. The van der Waals surface area contributed by atoms with Crippen LogP contribution in [0.1, 0.15) is 59.2 Å². The molecule has 0 radical (unpaired) electrons. The van der Waals surface area contributed by atoms with Crippen LogP contribution in [0.4, 0.5) is 5.69 Å². The molecule has 0 spiro atoms. The molecule has 2 N–H and O–H groups in total. The zero-order chi connectivity index (χ0) is 20.5. The number of hydrogen-bond acceptors (Lipinski definition) is 3. The van der Waals surface area contributed by atoms with Crippen LogP contribution in [-0.2, 0) is 0 Å². The second kappa shape index (κ2) is 12.4. The summed E-state index contributed by atoms with van der Waals surface area (Å²) in [6, 6.07) is 16.9. The van der Waals surface area contributed by atoms with Gasteiger partial charge in [0.05, 0.1) is 0 Å². The van der Waals surface area contributed by atoms with Gasteiger partial charge in [0.2, 0.25) is 0 Å². The number of carbonyl (C=O) groups excluding carboxylic acids is 2. The topological polar surface area (TPSA) is 61.4 Å². The highest BCUT2D eigenvalue weighted by Gasteiger charge is 2.16. The Kier molecular flexibility index (Phi) is 9.84. The van der Waals surface area contributed by atoms with Crippen LogP contribution in [0, 0.1) is 0 Å².